The summed E-state index contributed by atoms with van der Waals surface area (Å²) in [5, 5.41) is 0. The summed E-state index contributed by atoms with van der Waals surface area (Å²) in [5.41, 5.74) is 7.43. The van der Waals surface area contributed by atoms with Crippen molar-refractivity contribution in [3.05, 3.63) is 28.8 Å². The fourth-order valence-electron chi connectivity index (χ4n) is 2.04. The van der Waals surface area contributed by atoms with Crippen LogP contribution in [0.1, 0.15) is 70.0 Å². The average Bonchev–Trinajstić information content (AvgIpc) is 2.35. The number of nitrogens with two attached hydrogens (primary N) is 1. The molecule has 22 heavy (non-hydrogen) atoms. The number of esters is 1. The van der Waals surface area contributed by atoms with Crippen LogP contribution in [0.15, 0.2) is 12.1 Å². The molecule has 0 heterocycles. The van der Waals surface area contributed by atoms with Crippen LogP contribution in [0, 0.1) is 0 Å². The van der Waals surface area contributed by atoms with Crippen LogP contribution in [0.2, 0.25) is 0 Å². The Morgan fingerprint density at radius 2 is 1.68 bits per heavy atom. The summed E-state index contributed by atoms with van der Waals surface area (Å²) >= 11 is 0. The maximum Gasteiger partial charge on any atom is 0.328 e. The van der Waals surface area contributed by atoms with Gasteiger partial charge in [0, 0.05) is 5.56 Å². The van der Waals surface area contributed by atoms with Gasteiger partial charge in [0.25, 0.3) is 0 Å². The first-order chi connectivity index (χ1) is 9.87. The van der Waals surface area contributed by atoms with Crippen molar-refractivity contribution < 1.29 is 14.3 Å². The largest absolute Gasteiger partial charge is 0.424 e. The third-order valence-electron chi connectivity index (χ3n) is 3.49. The first-order valence-corrected chi connectivity index (χ1v) is 7.49. The van der Waals surface area contributed by atoms with Crippen molar-refractivity contribution in [3.63, 3.8) is 0 Å². The Morgan fingerprint density at radius 3 is 2.05 bits per heavy atom. The van der Waals surface area contributed by atoms with E-state index in [0.29, 0.717) is 11.3 Å². The van der Waals surface area contributed by atoms with Crippen LogP contribution in [0.4, 0.5) is 0 Å². The number of carbonyl (C=O) groups is 2. The molecule has 0 radical (unpaired) electrons. The van der Waals surface area contributed by atoms with Gasteiger partial charge in [-0.2, -0.15) is 0 Å². The highest BCUT2D eigenvalue weighted by molar-refractivity contribution is 5.85. The van der Waals surface area contributed by atoms with Crippen LogP contribution in [0.5, 0.6) is 5.75 Å². The third-order valence-corrected chi connectivity index (χ3v) is 3.49. The second kappa shape index (κ2) is 6.21. The lowest BCUT2D eigenvalue weighted by atomic mass is 9.79. The molecule has 0 saturated heterocycles. The molecule has 4 heteroatoms. The van der Waals surface area contributed by atoms with Gasteiger partial charge in [-0.1, -0.05) is 47.6 Å². The molecule has 0 aromatic heterocycles. The third kappa shape index (κ3) is 4.17. The molecule has 4 nitrogen and oxygen atoms in total. The van der Waals surface area contributed by atoms with Gasteiger partial charge in [-0.25, -0.2) is 4.79 Å². The van der Waals surface area contributed by atoms with Gasteiger partial charge in [0.15, 0.2) is 6.29 Å². The smallest absolute Gasteiger partial charge is 0.328 e. The topological polar surface area (TPSA) is 69.4 Å². The summed E-state index contributed by atoms with van der Waals surface area (Å²) in [7, 11) is 0. The molecule has 1 aromatic rings. The fourth-order valence-corrected chi connectivity index (χ4v) is 2.04. The van der Waals surface area contributed by atoms with Gasteiger partial charge < -0.3 is 10.5 Å². The van der Waals surface area contributed by atoms with Gasteiger partial charge in [0.1, 0.15) is 11.8 Å². The van der Waals surface area contributed by atoms with Crippen LogP contribution in [0.3, 0.4) is 0 Å². The fraction of sp³-hybridized carbons (Fsp3) is 0.556. The minimum absolute atomic E-state index is 0.110. The summed E-state index contributed by atoms with van der Waals surface area (Å²) in [5.74, 6) is -0.227. The van der Waals surface area contributed by atoms with E-state index in [-0.39, 0.29) is 10.8 Å². The Hall–Kier alpha value is -1.68. The van der Waals surface area contributed by atoms with Crippen molar-refractivity contribution in [1.82, 2.24) is 0 Å². The van der Waals surface area contributed by atoms with Crippen LogP contribution < -0.4 is 10.5 Å². The predicted octanol–water partition coefficient (Wildman–Crippen LogP) is 3.35. The number of hydrogen-bond donors (Lipinski definition) is 1. The average molecular weight is 305 g/mol. The van der Waals surface area contributed by atoms with E-state index in [4.69, 9.17) is 10.5 Å². The zero-order valence-corrected chi connectivity index (χ0v) is 14.6. The van der Waals surface area contributed by atoms with Gasteiger partial charge >= 0.3 is 5.97 Å². The lowest BCUT2D eigenvalue weighted by molar-refractivity contribution is -0.135. The number of hydrogen-bond acceptors (Lipinski definition) is 4. The quantitative estimate of drug-likeness (QED) is 0.528. The molecule has 0 fully saturated rings. The maximum atomic E-state index is 11.9. The molecule has 1 aromatic carbocycles. The summed E-state index contributed by atoms with van der Waals surface area (Å²) in [6.07, 6.45) is 0.730. The Morgan fingerprint density at radius 1 is 1.14 bits per heavy atom. The van der Waals surface area contributed by atoms with E-state index in [1.54, 1.807) is 13.0 Å². The lowest BCUT2D eigenvalue weighted by Gasteiger charge is -2.28. The van der Waals surface area contributed by atoms with Crippen LogP contribution in [0.25, 0.3) is 0 Å². The van der Waals surface area contributed by atoms with E-state index < -0.39 is 12.0 Å². The standard InChI is InChI=1S/C18H27NO3/c1-11(19)16(21)22-15-12(10-20)8-13(17(2,3)4)9-14(15)18(5,6)7/h8-11H,19H2,1-7H3/t11-/m0/s1. The lowest BCUT2D eigenvalue weighted by Crippen LogP contribution is -2.32. The van der Waals surface area contributed by atoms with Crippen molar-refractivity contribution in [3.8, 4) is 5.75 Å². The SMILES string of the molecule is C[C@H](N)C(=O)Oc1c(C=O)cc(C(C)(C)C)cc1C(C)(C)C. The summed E-state index contributed by atoms with van der Waals surface area (Å²) in [6.45, 7) is 13.9. The molecule has 0 aliphatic heterocycles. The van der Waals surface area contributed by atoms with Gasteiger partial charge in [-0.3, -0.25) is 4.79 Å². The van der Waals surface area contributed by atoms with Gasteiger partial charge in [-0.15, -0.1) is 0 Å². The highest BCUT2D eigenvalue weighted by Crippen LogP contribution is 2.38. The Bertz CT molecular complexity index is 575. The molecule has 0 unspecified atom stereocenters. The highest BCUT2D eigenvalue weighted by atomic mass is 16.5. The van der Waals surface area contributed by atoms with Crippen molar-refractivity contribution in [2.75, 3.05) is 0 Å². The van der Waals surface area contributed by atoms with Crippen LogP contribution in [-0.2, 0) is 15.6 Å². The van der Waals surface area contributed by atoms with Crippen molar-refractivity contribution in [2.45, 2.75) is 65.3 Å². The maximum absolute atomic E-state index is 11.9. The zero-order valence-electron chi connectivity index (χ0n) is 14.6. The Balaban J connectivity index is 3.59. The van der Waals surface area contributed by atoms with E-state index in [0.717, 1.165) is 17.4 Å². The molecule has 2 N–H and O–H groups in total. The van der Waals surface area contributed by atoms with Crippen LogP contribution in [-0.4, -0.2) is 18.3 Å². The van der Waals surface area contributed by atoms with Crippen molar-refractivity contribution >= 4 is 12.3 Å². The Labute approximate surface area is 133 Å². The van der Waals surface area contributed by atoms with E-state index >= 15 is 0 Å². The molecular formula is C18H27NO3. The second-order valence-electron chi connectivity index (χ2n) is 7.77. The molecule has 0 aliphatic rings. The molecular weight excluding hydrogens is 278 g/mol. The molecule has 0 saturated carbocycles. The number of aldehydes is 1. The molecule has 1 rings (SSSR count). The van der Waals surface area contributed by atoms with E-state index in [1.165, 1.54) is 0 Å². The van der Waals surface area contributed by atoms with E-state index in [9.17, 15) is 9.59 Å². The van der Waals surface area contributed by atoms with E-state index in [1.807, 2.05) is 26.8 Å². The second-order valence-corrected chi connectivity index (χ2v) is 7.77. The van der Waals surface area contributed by atoms with E-state index in [2.05, 4.69) is 20.8 Å². The first kappa shape index (κ1) is 18.4. The molecule has 0 spiro atoms. The number of carbonyl (C=O) groups excluding carboxylic acids is 2. The number of benzene rings is 1. The van der Waals surface area contributed by atoms with Crippen molar-refractivity contribution in [1.29, 1.82) is 0 Å². The predicted molar refractivity (Wildman–Crippen MR) is 88.5 cm³/mol. The monoisotopic (exact) mass is 305 g/mol. The van der Waals surface area contributed by atoms with Gasteiger partial charge in [-0.05, 0) is 29.4 Å². The molecule has 0 aliphatic carbocycles. The van der Waals surface area contributed by atoms with Crippen molar-refractivity contribution in [2.24, 2.45) is 5.73 Å². The van der Waals surface area contributed by atoms with Crippen LogP contribution >= 0.6 is 0 Å². The normalized spacial score (nSPS) is 13.6. The first-order valence-electron chi connectivity index (χ1n) is 7.49. The van der Waals surface area contributed by atoms with Gasteiger partial charge in [0.2, 0.25) is 0 Å². The summed E-state index contributed by atoms with van der Waals surface area (Å²) < 4.78 is 5.43. The number of ether oxygens (including phenoxy) is 1. The molecule has 0 amide bonds. The zero-order chi connectivity index (χ0) is 17.3. The van der Waals surface area contributed by atoms with Gasteiger partial charge in [0.05, 0.1) is 5.56 Å². The highest BCUT2D eigenvalue weighted by Gasteiger charge is 2.27. The minimum atomic E-state index is -0.741. The number of rotatable bonds is 3. The minimum Gasteiger partial charge on any atom is -0.424 e. The molecule has 122 valence electrons. The summed E-state index contributed by atoms with van der Waals surface area (Å²) in [4.78, 5) is 23.4. The Kier molecular flexibility index (Phi) is 5.18. The summed E-state index contributed by atoms with van der Waals surface area (Å²) in [6, 6.07) is 3.05. The molecule has 0 bridgehead atoms. The molecule has 1 atom stereocenters.